The lowest BCUT2D eigenvalue weighted by Gasteiger charge is -2.18. The molecule has 3 N–H and O–H groups in total. The lowest BCUT2D eigenvalue weighted by atomic mass is 10.2. The third kappa shape index (κ3) is 3.49. The third-order valence-corrected chi connectivity index (χ3v) is 3.97. The largest absolute Gasteiger partial charge is 0.397 e. The van der Waals surface area contributed by atoms with Crippen LogP contribution in [-0.4, -0.2) is 20.0 Å². The highest BCUT2D eigenvalue weighted by Gasteiger charge is 2.13. The summed E-state index contributed by atoms with van der Waals surface area (Å²) in [5, 5.41) is 3.21. The van der Waals surface area contributed by atoms with Gasteiger partial charge in [-0.1, -0.05) is 23.7 Å². The lowest BCUT2D eigenvalue weighted by molar-refractivity contribution is 0.102. The molecular weight excluding hydrogens is 354 g/mol. The number of halogens is 2. The maximum absolute atomic E-state index is 12.3. The van der Waals surface area contributed by atoms with Crippen LogP contribution < -0.4 is 16.0 Å². The van der Waals surface area contributed by atoms with E-state index in [1.54, 1.807) is 24.3 Å². The Morgan fingerprint density at radius 1 is 1.29 bits per heavy atom. The predicted molar refractivity (Wildman–Crippen MR) is 92.3 cm³/mol. The molecule has 0 spiro atoms. The van der Waals surface area contributed by atoms with Gasteiger partial charge in [-0.25, -0.2) is 0 Å². The second-order valence-corrected chi connectivity index (χ2v) is 5.98. The Kier molecular flexibility index (Phi) is 4.75. The van der Waals surface area contributed by atoms with Crippen LogP contribution in [0.4, 0.5) is 17.1 Å². The number of anilines is 3. The quantitative estimate of drug-likeness (QED) is 0.805. The average Bonchev–Trinajstić information content (AvgIpc) is 2.41. The first-order chi connectivity index (χ1) is 9.90. The number of carbonyl (C=O) groups excluding carboxylic acids is 1. The van der Waals surface area contributed by atoms with Crippen molar-refractivity contribution in [2.24, 2.45) is 0 Å². The van der Waals surface area contributed by atoms with Crippen molar-refractivity contribution in [1.29, 1.82) is 0 Å². The highest BCUT2D eigenvalue weighted by Crippen LogP contribution is 2.33. The van der Waals surface area contributed by atoms with Crippen molar-refractivity contribution in [1.82, 2.24) is 0 Å². The number of nitrogen functional groups attached to an aromatic ring is 1. The molecule has 0 aliphatic rings. The van der Waals surface area contributed by atoms with Gasteiger partial charge in [0.2, 0.25) is 0 Å². The van der Waals surface area contributed by atoms with Gasteiger partial charge >= 0.3 is 0 Å². The fourth-order valence-corrected chi connectivity index (χ4v) is 2.58. The van der Waals surface area contributed by atoms with Gasteiger partial charge in [0.15, 0.2) is 0 Å². The Hall–Kier alpha value is -1.72. The summed E-state index contributed by atoms with van der Waals surface area (Å²) in [6.07, 6.45) is 0. The standard InChI is InChI=1S/C15H15BrClN3O/c1-20(2)14-8-13(11(17)7-12(14)18)19-15(21)9-5-3-4-6-10(9)16/h3-8H,18H2,1-2H3,(H,19,21). The van der Waals surface area contributed by atoms with Crippen LogP contribution in [-0.2, 0) is 0 Å². The van der Waals surface area contributed by atoms with E-state index in [0.29, 0.717) is 22.0 Å². The van der Waals surface area contributed by atoms with Crippen molar-refractivity contribution >= 4 is 50.5 Å². The van der Waals surface area contributed by atoms with Gasteiger partial charge in [-0.2, -0.15) is 0 Å². The minimum Gasteiger partial charge on any atom is -0.397 e. The molecular formula is C15H15BrClN3O. The van der Waals surface area contributed by atoms with E-state index < -0.39 is 0 Å². The number of amides is 1. The molecule has 0 aromatic heterocycles. The molecule has 1 amide bonds. The molecule has 2 rings (SSSR count). The van der Waals surface area contributed by atoms with E-state index >= 15 is 0 Å². The minimum absolute atomic E-state index is 0.237. The SMILES string of the molecule is CN(C)c1cc(NC(=O)c2ccccc2Br)c(Cl)cc1N. The summed E-state index contributed by atoms with van der Waals surface area (Å²) in [5.74, 6) is -0.237. The first-order valence-corrected chi connectivity index (χ1v) is 7.39. The smallest absolute Gasteiger partial charge is 0.256 e. The Bertz CT molecular complexity index is 689. The summed E-state index contributed by atoms with van der Waals surface area (Å²) in [6.45, 7) is 0. The van der Waals surface area contributed by atoms with Gasteiger partial charge in [-0.05, 0) is 40.2 Å². The van der Waals surface area contributed by atoms with Crippen LogP contribution in [0.25, 0.3) is 0 Å². The highest BCUT2D eigenvalue weighted by atomic mass is 79.9. The summed E-state index contributed by atoms with van der Waals surface area (Å²) in [7, 11) is 3.75. The fourth-order valence-electron chi connectivity index (χ4n) is 1.90. The van der Waals surface area contributed by atoms with Gasteiger partial charge in [-0.15, -0.1) is 0 Å². The van der Waals surface area contributed by atoms with E-state index in [0.717, 1.165) is 10.2 Å². The Labute approximate surface area is 137 Å². The van der Waals surface area contributed by atoms with Crippen molar-refractivity contribution in [3.8, 4) is 0 Å². The second-order valence-electron chi connectivity index (χ2n) is 4.72. The number of nitrogens with zero attached hydrogens (tertiary/aromatic N) is 1. The highest BCUT2D eigenvalue weighted by molar-refractivity contribution is 9.10. The number of nitrogens with one attached hydrogen (secondary N) is 1. The molecule has 110 valence electrons. The summed E-state index contributed by atoms with van der Waals surface area (Å²) in [4.78, 5) is 14.2. The Morgan fingerprint density at radius 2 is 1.95 bits per heavy atom. The van der Waals surface area contributed by atoms with E-state index in [1.165, 1.54) is 0 Å². The number of hydrogen-bond donors (Lipinski definition) is 2. The van der Waals surface area contributed by atoms with E-state index in [-0.39, 0.29) is 5.91 Å². The van der Waals surface area contributed by atoms with Gasteiger partial charge < -0.3 is 16.0 Å². The number of nitrogens with two attached hydrogens (primary N) is 1. The zero-order valence-corrected chi connectivity index (χ0v) is 14.0. The summed E-state index contributed by atoms with van der Waals surface area (Å²) in [5.41, 5.74) is 8.33. The molecule has 0 bridgehead atoms. The maximum Gasteiger partial charge on any atom is 0.256 e. The van der Waals surface area contributed by atoms with Gasteiger partial charge in [0, 0.05) is 18.6 Å². The van der Waals surface area contributed by atoms with Crippen LogP contribution >= 0.6 is 27.5 Å². The van der Waals surface area contributed by atoms with Crippen molar-refractivity contribution in [3.63, 3.8) is 0 Å². The van der Waals surface area contributed by atoms with E-state index in [4.69, 9.17) is 17.3 Å². The molecule has 0 atom stereocenters. The third-order valence-electron chi connectivity index (χ3n) is 2.96. The number of rotatable bonds is 3. The van der Waals surface area contributed by atoms with Crippen LogP contribution in [0.3, 0.4) is 0 Å². The molecule has 0 aliphatic heterocycles. The summed E-state index contributed by atoms with van der Waals surface area (Å²) < 4.78 is 0.724. The first-order valence-electron chi connectivity index (χ1n) is 6.22. The fraction of sp³-hybridized carbons (Fsp3) is 0.133. The van der Waals surface area contributed by atoms with Crippen molar-refractivity contribution in [3.05, 3.63) is 51.5 Å². The monoisotopic (exact) mass is 367 g/mol. The summed E-state index contributed by atoms with van der Waals surface area (Å²) >= 11 is 9.51. The molecule has 21 heavy (non-hydrogen) atoms. The molecule has 6 heteroatoms. The molecule has 0 fully saturated rings. The molecule has 0 unspecified atom stereocenters. The van der Waals surface area contributed by atoms with Gasteiger partial charge in [0.25, 0.3) is 5.91 Å². The van der Waals surface area contributed by atoms with Crippen LogP contribution in [0.5, 0.6) is 0 Å². The van der Waals surface area contributed by atoms with E-state index in [1.807, 2.05) is 31.1 Å². The maximum atomic E-state index is 12.3. The normalized spacial score (nSPS) is 10.3. The lowest BCUT2D eigenvalue weighted by Crippen LogP contribution is -2.15. The second kappa shape index (κ2) is 6.37. The van der Waals surface area contributed by atoms with Crippen molar-refractivity contribution in [2.75, 3.05) is 30.0 Å². The molecule has 4 nitrogen and oxygen atoms in total. The van der Waals surface area contributed by atoms with E-state index in [2.05, 4.69) is 21.2 Å². The van der Waals surface area contributed by atoms with Crippen molar-refractivity contribution in [2.45, 2.75) is 0 Å². The molecule has 0 saturated heterocycles. The van der Waals surface area contributed by atoms with E-state index in [9.17, 15) is 4.79 Å². The van der Waals surface area contributed by atoms with Gasteiger partial charge in [0.1, 0.15) is 0 Å². The molecule has 0 heterocycles. The van der Waals surface area contributed by atoms with Crippen LogP contribution in [0.15, 0.2) is 40.9 Å². The minimum atomic E-state index is -0.237. The zero-order chi connectivity index (χ0) is 15.6. The van der Waals surface area contributed by atoms with Crippen molar-refractivity contribution < 1.29 is 4.79 Å². The number of benzene rings is 2. The molecule has 2 aromatic rings. The van der Waals surface area contributed by atoms with Crippen LogP contribution in [0.1, 0.15) is 10.4 Å². The molecule has 0 radical (unpaired) electrons. The van der Waals surface area contributed by atoms with Gasteiger partial charge in [-0.3, -0.25) is 4.79 Å². The van der Waals surface area contributed by atoms with Crippen LogP contribution in [0.2, 0.25) is 5.02 Å². The first kappa shape index (κ1) is 15.7. The molecule has 0 saturated carbocycles. The van der Waals surface area contributed by atoms with Crippen LogP contribution in [0, 0.1) is 0 Å². The average molecular weight is 369 g/mol. The predicted octanol–water partition coefficient (Wildman–Crippen LogP) is 4.00. The molecule has 0 aliphatic carbocycles. The Morgan fingerprint density at radius 3 is 2.57 bits per heavy atom. The summed E-state index contributed by atoms with van der Waals surface area (Å²) in [6, 6.07) is 10.6. The molecule has 2 aromatic carbocycles. The Balaban J connectivity index is 2.34. The number of carbonyl (C=O) groups is 1. The van der Waals surface area contributed by atoms with Gasteiger partial charge in [0.05, 0.1) is 27.6 Å². The zero-order valence-electron chi connectivity index (χ0n) is 11.7. The number of hydrogen-bond acceptors (Lipinski definition) is 3. The topological polar surface area (TPSA) is 58.4 Å².